The molecule has 4 rings (SSSR count). The molecule has 0 spiro atoms. The van der Waals surface area contributed by atoms with Crippen LogP contribution in [-0.2, 0) is 20.9 Å². The van der Waals surface area contributed by atoms with E-state index in [4.69, 9.17) is 4.74 Å². The topological polar surface area (TPSA) is 78.9 Å². The van der Waals surface area contributed by atoms with Crippen molar-refractivity contribution in [2.75, 3.05) is 18.5 Å². The Kier molecular flexibility index (Phi) is 6.45. The molecular formula is C24H28N2O4. The number of carbonyl (C=O) groups excluding carboxylic acids is 2. The summed E-state index contributed by atoms with van der Waals surface area (Å²) >= 11 is 0. The van der Waals surface area contributed by atoms with E-state index in [0.29, 0.717) is 6.54 Å². The first-order chi connectivity index (χ1) is 14.7. The SMILES string of the molecule is O=C(Nc1ccc([C@H]2OCC(=O)N(Cc3ccccc3)[C@@H]2CO)cc1)C1CCCC1. The monoisotopic (exact) mass is 408 g/mol. The molecule has 0 unspecified atom stereocenters. The van der Waals surface area contributed by atoms with Gasteiger partial charge >= 0.3 is 0 Å². The highest BCUT2D eigenvalue weighted by molar-refractivity contribution is 5.92. The average molecular weight is 408 g/mol. The van der Waals surface area contributed by atoms with E-state index >= 15 is 0 Å². The van der Waals surface area contributed by atoms with E-state index in [1.165, 1.54) is 0 Å². The van der Waals surface area contributed by atoms with Gasteiger partial charge in [0.15, 0.2) is 0 Å². The average Bonchev–Trinajstić information content (AvgIpc) is 3.32. The molecule has 6 heteroatoms. The van der Waals surface area contributed by atoms with Crippen LogP contribution in [0.3, 0.4) is 0 Å². The molecule has 2 N–H and O–H groups in total. The zero-order chi connectivity index (χ0) is 20.9. The predicted octanol–water partition coefficient (Wildman–Crippen LogP) is 3.28. The van der Waals surface area contributed by atoms with Crippen LogP contribution < -0.4 is 5.32 Å². The lowest BCUT2D eigenvalue weighted by Crippen LogP contribution is -2.52. The van der Waals surface area contributed by atoms with Crippen LogP contribution >= 0.6 is 0 Å². The zero-order valence-corrected chi connectivity index (χ0v) is 17.0. The number of aliphatic hydroxyl groups excluding tert-OH is 1. The molecular weight excluding hydrogens is 380 g/mol. The molecule has 2 aliphatic rings. The van der Waals surface area contributed by atoms with Gasteiger partial charge in [0.1, 0.15) is 12.7 Å². The van der Waals surface area contributed by atoms with E-state index in [1.807, 2.05) is 54.6 Å². The molecule has 1 aliphatic carbocycles. The number of nitrogens with zero attached hydrogens (tertiary/aromatic N) is 1. The third kappa shape index (κ3) is 4.55. The van der Waals surface area contributed by atoms with Gasteiger partial charge in [0.2, 0.25) is 11.8 Å². The third-order valence-corrected chi connectivity index (χ3v) is 6.07. The molecule has 2 amide bonds. The predicted molar refractivity (Wildman–Crippen MR) is 114 cm³/mol. The van der Waals surface area contributed by atoms with E-state index < -0.39 is 12.1 Å². The lowest BCUT2D eigenvalue weighted by atomic mass is 9.98. The number of carbonyl (C=O) groups is 2. The molecule has 1 saturated carbocycles. The summed E-state index contributed by atoms with van der Waals surface area (Å²) in [6.07, 6.45) is 3.75. The van der Waals surface area contributed by atoms with Crippen LogP contribution in [0.5, 0.6) is 0 Å². The number of anilines is 1. The number of aliphatic hydroxyl groups is 1. The molecule has 2 fully saturated rings. The Morgan fingerprint density at radius 2 is 1.77 bits per heavy atom. The molecule has 2 aromatic rings. The van der Waals surface area contributed by atoms with Crippen LogP contribution in [0.25, 0.3) is 0 Å². The minimum absolute atomic E-state index is 0.0197. The van der Waals surface area contributed by atoms with Crippen LogP contribution in [0.4, 0.5) is 5.69 Å². The second-order valence-electron chi connectivity index (χ2n) is 8.08. The first-order valence-corrected chi connectivity index (χ1v) is 10.6. The van der Waals surface area contributed by atoms with Gasteiger partial charge in [-0.05, 0) is 36.1 Å². The number of morpholine rings is 1. The van der Waals surface area contributed by atoms with Gasteiger partial charge in [-0.1, -0.05) is 55.3 Å². The summed E-state index contributed by atoms with van der Waals surface area (Å²) in [6, 6.07) is 16.8. The number of rotatable bonds is 6. The summed E-state index contributed by atoms with van der Waals surface area (Å²) in [6.45, 7) is 0.220. The van der Waals surface area contributed by atoms with Crippen molar-refractivity contribution in [3.8, 4) is 0 Å². The van der Waals surface area contributed by atoms with Gasteiger partial charge in [0.05, 0.1) is 12.6 Å². The van der Waals surface area contributed by atoms with Crippen LogP contribution in [0.15, 0.2) is 54.6 Å². The number of nitrogens with one attached hydrogen (secondary N) is 1. The quantitative estimate of drug-likeness (QED) is 0.769. The Labute approximate surface area is 176 Å². The van der Waals surface area contributed by atoms with Gasteiger partial charge in [0.25, 0.3) is 0 Å². The molecule has 6 nitrogen and oxygen atoms in total. The molecule has 2 aromatic carbocycles. The number of ether oxygens (including phenoxy) is 1. The Bertz CT molecular complexity index is 863. The Balaban J connectivity index is 1.46. The maximum Gasteiger partial charge on any atom is 0.249 e. The van der Waals surface area contributed by atoms with Crippen molar-refractivity contribution in [3.63, 3.8) is 0 Å². The van der Waals surface area contributed by atoms with E-state index in [2.05, 4.69) is 5.32 Å². The van der Waals surface area contributed by atoms with Gasteiger partial charge in [-0.25, -0.2) is 0 Å². The highest BCUT2D eigenvalue weighted by atomic mass is 16.5. The lowest BCUT2D eigenvalue weighted by molar-refractivity contribution is -0.162. The lowest BCUT2D eigenvalue weighted by Gasteiger charge is -2.40. The first kappa shape index (κ1) is 20.6. The largest absolute Gasteiger partial charge is 0.394 e. The number of hydrogen-bond donors (Lipinski definition) is 2. The highest BCUT2D eigenvalue weighted by Gasteiger charge is 2.37. The summed E-state index contributed by atoms with van der Waals surface area (Å²) in [5.41, 5.74) is 2.64. The maximum atomic E-state index is 12.5. The smallest absolute Gasteiger partial charge is 0.249 e. The van der Waals surface area contributed by atoms with Crippen molar-refractivity contribution in [1.82, 2.24) is 4.90 Å². The Hall–Kier alpha value is -2.70. The van der Waals surface area contributed by atoms with E-state index in [0.717, 1.165) is 42.5 Å². The van der Waals surface area contributed by atoms with Crippen LogP contribution in [0.2, 0.25) is 0 Å². The second kappa shape index (κ2) is 9.41. The molecule has 158 valence electrons. The standard InChI is InChI=1S/C24H28N2O4/c27-15-21-23(30-16-22(28)26(21)14-17-6-2-1-3-7-17)18-10-12-20(13-11-18)25-24(29)19-8-4-5-9-19/h1-3,6-7,10-13,19,21,23,27H,4-5,8-9,14-16H2,(H,25,29)/t21-,23-/m1/s1. The van der Waals surface area contributed by atoms with Crippen molar-refractivity contribution >= 4 is 17.5 Å². The number of benzene rings is 2. The Morgan fingerprint density at radius 1 is 1.07 bits per heavy atom. The number of amides is 2. The highest BCUT2D eigenvalue weighted by Crippen LogP contribution is 2.31. The van der Waals surface area contributed by atoms with Crippen molar-refractivity contribution in [2.45, 2.75) is 44.4 Å². The van der Waals surface area contributed by atoms with Gasteiger partial charge in [-0.3, -0.25) is 9.59 Å². The first-order valence-electron chi connectivity index (χ1n) is 10.6. The minimum atomic E-state index is -0.467. The molecule has 30 heavy (non-hydrogen) atoms. The van der Waals surface area contributed by atoms with E-state index in [1.54, 1.807) is 4.90 Å². The number of hydrogen-bond acceptors (Lipinski definition) is 4. The van der Waals surface area contributed by atoms with Crippen LogP contribution in [0.1, 0.15) is 42.9 Å². The summed E-state index contributed by atoms with van der Waals surface area (Å²) < 4.78 is 5.81. The fraction of sp³-hybridized carbons (Fsp3) is 0.417. The normalized spacial score (nSPS) is 22.3. The summed E-state index contributed by atoms with van der Waals surface area (Å²) in [5.74, 6) is 0.0688. The fourth-order valence-corrected chi connectivity index (χ4v) is 4.39. The molecule has 0 radical (unpaired) electrons. The van der Waals surface area contributed by atoms with Crippen molar-refractivity contribution in [3.05, 3.63) is 65.7 Å². The molecule has 1 heterocycles. The maximum absolute atomic E-state index is 12.5. The van der Waals surface area contributed by atoms with Crippen LogP contribution in [0, 0.1) is 5.92 Å². The zero-order valence-electron chi connectivity index (χ0n) is 17.0. The van der Waals surface area contributed by atoms with E-state index in [-0.39, 0.29) is 30.9 Å². The van der Waals surface area contributed by atoms with E-state index in [9.17, 15) is 14.7 Å². The molecule has 2 atom stereocenters. The van der Waals surface area contributed by atoms with Gasteiger partial charge in [-0.15, -0.1) is 0 Å². The molecule has 1 aliphatic heterocycles. The summed E-state index contributed by atoms with van der Waals surface area (Å²) in [5, 5.41) is 13.0. The Morgan fingerprint density at radius 3 is 2.43 bits per heavy atom. The van der Waals surface area contributed by atoms with Crippen molar-refractivity contribution < 1.29 is 19.4 Å². The molecule has 0 aromatic heterocycles. The van der Waals surface area contributed by atoms with Crippen molar-refractivity contribution in [1.29, 1.82) is 0 Å². The summed E-state index contributed by atoms with van der Waals surface area (Å²) in [7, 11) is 0. The van der Waals surface area contributed by atoms with Crippen molar-refractivity contribution in [2.24, 2.45) is 5.92 Å². The van der Waals surface area contributed by atoms with Gasteiger partial charge < -0.3 is 20.1 Å². The summed E-state index contributed by atoms with van der Waals surface area (Å²) in [4.78, 5) is 26.5. The molecule has 0 bridgehead atoms. The molecule has 1 saturated heterocycles. The fourth-order valence-electron chi connectivity index (χ4n) is 4.39. The second-order valence-corrected chi connectivity index (χ2v) is 8.08. The minimum Gasteiger partial charge on any atom is -0.394 e. The van der Waals surface area contributed by atoms with Crippen LogP contribution in [-0.4, -0.2) is 41.1 Å². The van der Waals surface area contributed by atoms with Gasteiger partial charge in [0, 0.05) is 18.2 Å². The third-order valence-electron chi connectivity index (χ3n) is 6.07. The van der Waals surface area contributed by atoms with Gasteiger partial charge in [-0.2, -0.15) is 0 Å².